The van der Waals surface area contributed by atoms with E-state index in [1.807, 2.05) is 23.1 Å². The van der Waals surface area contributed by atoms with Gasteiger partial charge in [-0.25, -0.2) is 0 Å². The fourth-order valence-corrected chi connectivity index (χ4v) is 3.79. The number of aliphatic hydroxyl groups is 1. The van der Waals surface area contributed by atoms with E-state index < -0.39 is 6.10 Å². The van der Waals surface area contributed by atoms with Gasteiger partial charge in [0.1, 0.15) is 5.75 Å². The number of piperidine rings is 1. The maximum absolute atomic E-state index is 12.6. The van der Waals surface area contributed by atoms with Gasteiger partial charge in [-0.2, -0.15) is 0 Å². The Morgan fingerprint density at radius 3 is 2.62 bits per heavy atom. The second kappa shape index (κ2) is 7.99. The lowest BCUT2D eigenvalue weighted by Crippen LogP contribution is -2.49. The van der Waals surface area contributed by atoms with Crippen molar-refractivity contribution < 1.29 is 14.6 Å². The molecule has 3 rings (SSSR count). The molecule has 1 aromatic rings. The molecule has 0 spiro atoms. The molecule has 2 aliphatic heterocycles. The lowest BCUT2D eigenvalue weighted by Gasteiger charge is -2.37. The number of nitrogens with zero attached hydrogens (tertiary/aromatic N) is 2. The van der Waals surface area contributed by atoms with Gasteiger partial charge < -0.3 is 19.6 Å². The van der Waals surface area contributed by atoms with Gasteiger partial charge in [0.05, 0.1) is 6.61 Å². The van der Waals surface area contributed by atoms with Crippen LogP contribution in [0.2, 0.25) is 0 Å². The SMILES string of the molecule is CC(Oc1cccc(CO)c1)C(=O)N1CCC(N2CCCC2)CC1. The largest absolute Gasteiger partial charge is 0.481 e. The number of carbonyl (C=O) groups excluding carboxylic acids is 1. The minimum Gasteiger partial charge on any atom is -0.481 e. The van der Waals surface area contributed by atoms with Crippen LogP contribution in [0.15, 0.2) is 24.3 Å². The summed E-state index contributed by atoms with van der Waals surface area (Å²) in [6.07, 6.45) is 4.27. The van der Waals surface area contributed by atoms with E-state index in [1.54, 1.807) is 13.0 Å². The molecular formula is C19H28N2O3. The van der Waals surface area contributed by atoms with Crippen LogP contribution >= 0.6 is 0 Å². The van der Waals surface area contributed by atoms with E-state index in [1.165, 1.54) is 25.9 Å². The summed E-state index contributed by atoms with van der Waals surface area (Å²) in [7, 11) is 0. The van der Waals surface area contributed by atoms with Gasteiger partial charge in [-0.1, -0.05) is 12.1 Å². The Kier molecular flexibility index (Phi) is 5.74. The van der Waals surface area contributed by atoms with Gasteiger partial charge in [-0.05, 0) is 63.4 Å². The summed E-state index contributed by atoms with van der Waals surface area (Å²) in [5, 5.41) is 9.19. The highest BCUT2D eigenvalue weighted by Gasteiger charge is 2.30. The van der Waals surface area contributed by atoms with Crippen molar-refractivity contribution in [2.75, 3.05) is 26.2 Å². The molecule has 1 N–H and O–H groups in total. The molecule has 0 bridgehead atoms. The molecule has 2 aliphatic rings. The number of likely N-dealkylation sites (tertiary alicyclic amines) is 2. The van der Waals surface area contributed by atoms with Crippen molar-refractivity contribution >= 4 is 5.91 Å². The number of carbonyl (C=O) groups is 1. The lowest BCUT2D eigenvalue weighted by atomic mass is 10.0. The van der Waals surface area contributed by atoms with Crippen molar-refractivity contribution in [3.05, 3.63) is 29.8 Å². The third-order valence-corrected chi connectivity index (χ3v) is 5.17. The smallest absolute Gasteiger partial charge is 0.263 e. The highest BCUT2D eigenvalue weighted by Crippen LogP contribution is 2.22. The van der Waals surface area contributed by atoms with E-state index in [0.717, 1.165) is 31.5 Å². The van der Waals surface area contributed by atoms with Crippen molar-refractivity contribution in [3.63, 3.8) is 0 Å². The first kappa shape index (κ1) is 17.2. The molecule has 1 aromatic carbocycles. The van der Waals surface area contributed by atoms with Crippen LogP contribution in [-0.2, 0) is 11.4 Å². The van der Waals surface area contributed by atoms with Crippen molar-refractivity contribution in [2.24, 2.45) is 0 Å². The van der Waals surface area contributed by atoms with Crippen LogP contribution in [0.5, 0.6) is 5.75 Å². The predicted molar refractivity (Wildman–Crippen MR) is 92.9 cm³/mol. The molecule has 1 amide bonds. The highest BCUT2D eigenvalue weighted by molar-refractivity contribution is 5.81. The minimum absolute atomic E-state index is 0.0243. The Morgan fingerprint density at radius 2 is 1.96 bits per heavy atom. The van der Waals surface area contributed by atoms with Gasteiger partial charge in [-0.15, -0.1) is 0 Å². The third-order valence-electron chi connectivity index (χ3n) is 5.17. The maximum Gasteiger partial charge on any atom is 0.263 e. The number of hydrogen-bond acceptors (Lipinski definition) is 4. The van der Waals surface area contributed by atoms with Crippen LogP contribution in [0.1, 0.15) is 38.2 Å². The van der Waals surface area contributed by atoms with E-state index in [9.17, 15) is 9.90 Å². The van der Waals surface area contributed by atoms with Crippen LogP contribution in [0, 0.1) is 0 Å². The molecule has 24 heavy (non-hydrogen) atoms. The van der Waals surface area contributed by atoms with Crippen LogP contribution in [0.3, 0.4) is 0 Å². The molecule has 132 valence electrons. The molecule has 0 aliphatic carbocycles. The molecular weight excluding hydrogens is 304 g/mol. The van der Waals surface area contributed by atoms with E-state index in [4.69, 9.17) is 4.74 Å². The monoisotopic (exact) mass is 332 g/mol. The summed E-state index contributed by atoms with van der Waals surface area (Å²) < 4.78 is 5.79. The van der Waals surface area contributed by atoms with Gasteiger partial charge in [0.15, 0.2) is 6.10 Å². The summed E-state index contributed by atoms with van der Waals surface area (Å²) in [6, 6.07) is 7.92. The zero-order valence-electron chi connectivity index (χ0n) is 14.5. The summed E-state index contributed by atoms with van der Waals surface area (Å²) in [6.45, 7) is 5.87. The molecule has 1 atom stereocenters. The van der Waals surface area contributed by atoms with Crippen LogP contribution < -0.4 is 4.74 Å². The second-order valence-electron chi connectivity index (χ2n) is 6.87. The molecule has 2 fully saturated rings. The van der Waals surface area contributed by atoms with Gasteiger partial charge >= 0.3 is 0 Å². The Bertz CT molecular complexity index is 549. The van der Waals surface area contributed by atoms with E-state index in [-0.39, 0.29) is 12.5 Å². The Hall–Kier alpha value is -1.59. The number of rotatable bonds is 5. The average molecular weight is 332 g/mol. The number of amides is 1. The fraction of sp³-hybridized carbons (Fsp3) is 0.632. The number of hydrogen-bond donors (Lipinski definition) is 1. The molecule has 2 heterocycles. The van der Waals surface area contributed by atoms with Gasteiger partial charge in [0.25, 0.3) is 5.91 Å². The van der Waals surface area contributed by atoms with E-state index >= 15 is 0 Å². The van der Waals surface area contributed by atoms with Crippen molar-refractivity contribution in [2.45, 2.75) is 51.4 Å². The van der Waals surface area contributed by atoms with Crippen molar-refractivity contribution in [1.29, 1.82) is 0 Å². The Morgan fingerprint density at radius 1 is 1.25 bits per heavy atom. The summed E-state index contributed by atoms with van der Waals surface area (Å²) >= 11 is 0. The normalized spacial score (nSPS) is 21.0. The highest BCUT2D eigenvalue weighted by atomic mass is 16.5. The van der Waals surface area contributed by atoms with E-state index in [0.29, 0.717) is 11.8 Å². The van der Waals surface area contributed by atoms with Crippen LogP contribution in [0.4, 0.5) is 0 Å². The van der Waals surface area contributed by atoms with E-state index in [2.05, 4.69) is 4.90 Å². The first-order valence-corrected chi connectivity index (χ1v) is 9.06. The third kappa shape index (κ3) is 4.08. The summed E-state index contributed by atoms with van der Waals surface area (Å²) in [4.78, 5) is 17.1. The molecule has 0 aromatic heterocycles. The number of aliphatic hydroxyl groups excluding tert-OH is 1. The Labute approximate surface area is 144 Å². The first-order valence-electron chi connectivity index (χ1n) is 9.06. The molecule has 1 unspecified atom stereocenters. The zero-order chi connectivity index (χ0) is 16.9. The maximum atomic E-state index is 12.6. The molecule has 5 nitrogen and oxygen atoms in total. The number of benzene rings is 1. The summed E-state index contributed by atoms with van der Waals surface area (Å²) in [5.41, 5.74) is 0.790. The van der Waals surface area contributed by atoms with Crippen LogP contribution in [0.25, 0.3) is 0 Å². The zero-order valence-corrected chi connectivity index (χ0v) is 14.5. The molecule has 0 saturated carbocycles. The van der Waals surface area contributed by atoms with Gasteiger partial charge in [0.2, 0.25) is 0 Å². The minimum atomic E-state index is -0.498. The fourth-order valence-electron chi connectivity index (χ4n) is 3.79. The van der Waals surface area contributed by atoms with Crippen molar-refractivity contribution in [1.82, 2.24) is 9.80 Å². The van der Waals surface area contributed by atoms with Crippen molar-refractivity contribution in [3.8, 4) is 5.75 Å². The van der Waals surface area contributed by atoms with Crippen LogP contribution in [-0.4, -0.2) is 59.1 Å². The topological polar surface area (TPSA) is 53.0 Å². The second-order valence-corrected chi connectivity index (χ2v) is 6.87. The Balaban J connectivity index is 1.50. The summed E-state index contributed by atoms with van der Waals surface area (Å²) in [5.74, 6) is 0.693. The predicted octanol–water partition coefficient (Wildman–Crippen LogP) is 2.03. The average Bonchev–Trinajstić information content (AvgIpc) is 3.16. The molecule has 0 radical (unpaired) electrons. The molecule has 2 saturated heterocycles. The standard InChI is InChI=1S/C19H28N2O3/c1-15(24-18-6-4-5-16(13-18)14-22)19(23)21-11-7-17(8-12-21)20-9-2-3-10-20/h4-6,13,15,17,22H,2-3,7-12,14H2,1H3. The lowest BCUT2D eigenvalue weighted by molar-refractivity contribution is -0.139. The quantitative estimate of drug-likeness (QED) is 0.896. The molecule has 5 heteroatoms. The van der Waals surface area contributed by atoms with Gasteiger partial charge in [0, 0.05) is 19.1 Å². The first-order chi connectivity index (χ1) is 11.7. The number of ether oxygens (including phenoxy) is 1. The van der Waals surface area contributed by atoms with Gasteiger partial charge in [-0.3, -0.25) is 4.79 Å².